The van der Waals surface area contributed by atoms with E-state index in [1.807, 2.05) is 6.92 Å². The number of carbonyl (C=O) groups is 1. The summed E-state index contributed by atoms with van der Waals surface area (Å²) < 4.78 is 27.9. The van der Waals surface area contributed by atoms with Gasteiger partial charge in [0, 0.05) is 10.7 Å². The predicted octanol–water partition coefficient (Wildman–Crippen LogP) is 3.13. The van der Waals surface area contributed by atoms with Gasteiger partial charge in [-0.3, -0.25) is 0 Å². The van der Waals surface area contributed by atoms with Crippen LogP contribution in [0.5, 0.6) is 0 Å². The van der Waals surface area contributed by atoms with Crippen molar-refractivity contribution in [3.05, 3.63) is 29.3 Å². The van der Waals surface area contributed by atoms with E-state index in [9.17, 15) is 13.2 Å². The van der Waals surface area contributed by atoms with Crippen LogP contribution >= 0.6 is 10.7 Å². The van der Waals surface area contributed by atoms with Gasteiger partial charge in [0.2, 0.25) is 0 Å². The molecule has 1 saturated carbocycles. The van der Waals surface area contributed by atoms with Gasteiger partial charge in [-0.25, -0.2) is 13.2 Å². The van der Waals surface area contributed by atoms with Gasteiger partial charge in [0.15, 0.2) is 0 Å². The molecule has 110 valence electrons. The van der Waals surface area contributed by atoms with E-state index in [0.29, 0.717) is 18.9 Å². The molecule has 0 amide bonds. The van der Waals surface area contributed by atoms with E-state index in [1.165, 1.54) is 25.0 Å². The number of hydrogen-bond donors (Lipinski definition) is 0. The maximum atomic E-state index is 12.0. The van der Waals surface area contributed by atoms with Crippen molar-refractivity contribution in [3.63, 3.8) is 0 Å². The highest BCUT2D eigenvalue weighted by Gasteiger charge is 2.22. The van der Waals surface area contributed by atoms with E-state index < -0.39 is 15.0 Å². The molecule has 6 heteroatoms. The first kappa shape index (κ1) is 15.3. The number of carbonyl (C=O) groups excluding carboxylic acids is 1. The highest BCUT2D eigenvalue weighted by molar-refractivity contribution is 8.13. The fourth-order valence-corrected chi connectivity index (χ4v) is 2.79. The first-order valence-corrected chi connectivity index (χ1v) is 8.97. The van der Waals surface area contributed by atoms with Crippen LogP contribution in [0.1, 0.15) is 42.1 Å². The highest BCUT2D eigenvalue weighted by Crippen LogP contribution is 2.32. The summed E-state index contributed by atoms with van der Waals surface area (Å²) in [6.45, 7) is 2.27. The third-order valence-electron chi connectivity index (χ3n) is 3.42. The second-order valence-electron chi connectivity index (χ2n) is 4.98. The lowest BCUT2D eigenvalue weighted by atomic mass is 10.1. The van der Waals surface area contributed by atoms with Crippen LogP contribution in [0.15, 0.2) is 23.1 Å². The Balaban J connectivity index is 2.15. The lowest BCUT2D eigenvalue weighted by Gasteiger charge is -2.09. The van der Waals surface area contributed by atoms with E-state index in [-0.39, 0.29) is 10.5 Å². The van der Waals surface area contributed by atoms with Crippen molar-refractivity contribution in [1.82, 2.24) is 0 Å². The summed E-state index contributed by atoms with van der Waals surface area (Å²) in [5.74, 6) is 0.202. The molecule has 0 N–H and O–H groups in total. The molecule has 2 rings (SSSR count). The molecule has 0 unspecified atom stereocenters. The first-order chi connectivity index (χ1) is 9.41. The van der Waals surface area contributed by atoms with Crippen molar-refractivity contribution in [2.24, 2.45) is 5.92 Å². The molecule has 0 atom stereocenters. The SMILES string of the molecule is CCc1ccc(S(=O)(=O)Cl)cc1C(=O)OCCC1CC1. The number of rotatable bonds is 6. The van der Waals surface area contributed by atoms with Gasteiger partial charge >= 0.3 is 5.97 Å². The van der Waals surface area contributed by atoms with Gasteiger partial charge in [0.1, 0.15) is 0 Å². The van der Waals surface area contributed by atoms with Crippen LogP contribution in [0.25, 0.3) is 0 Å². The largest absolute Gasteiger partial charge is 0.462 e. The van der Waals surface area contributed by atoms with Crippen molar-refractivity contribution in [1.29, 1.82) is 0 Å². The first-order valence-electron chi connectivity index (χ1n) is 6.66. The lowest BCUT2D eigenvalue weighted by Crippen LogP contribution is -2.10. The van der Waals surface area contributed by atoms with E-state index in [4.69, 9.17) is 15.4 Å². The van der Waals surface area contributed by atoms with Crippen molar-refractivity contribution >= 4 is 25.7 Å². The Morgan fingerprint density at radius 3 is 2.65 bits per heavy atom. The Bertz CT molecular complexity index is 606. The molecular weight excluding hydrogens is 300 g/mol. The monoisotopic (exact) mass is 316 g/mol. The molecule has 0 saturated heterocycles. The Morgan fingerprint density at radius 1 is 1.40 bits per heavy atom. The van der Waals surface area contributed by atoms with Gasteiger partial charge in [-0.1, -0.05) is 25.8 Å². The molecule has 0 heterocycles. The van der Waals surface area contributed by atoms with Gasteiger partial charge in [0.25, 0.3) is 9.05 Å². The fourth-order valence-electron chi connectivity index (χ4n) is 2.01. The summed E-state index contributed by atoms with van der Waals surface area (Å²) in [5, 5.41) is 0. The molecule has 0 bridgehead atoms. The van der Waals surface area contributed by atoms with Crippen LogP contribution in [0, 0.1) is 5.92 Å². The molecule has 0 aromatic heterocycles. The number of halogens is 1. The zero-order chi connectivity index (χ0) is 14.8. The second-order valence-corrected chi connectivity index (χ2v) is 7.54. The van der Waals surface area contributed by atoms with Crippen LogP contribution in [0.4, 0.5) is 0 Å². The molecular formula is C14H17ClO4S. The van der Waals surface area contributed by atoms with Crippen molar-refractivity contribution in [2.45, 2.75) is 37.5 Å². The normalized spacial score (nSPS) is 15.1. The third-order valence-corrected chi connectivity index (χ3v) is 4.77. The average Bonchev–Trinajstić information content (AvgIpc) is 3.21. The zero-order valence-electron chi connectivity index (χ0n) is 11.3. The molecule has 1 aliphatic carbocycles. The molecule has 1 aromatic carbocycles. The number of ether oxygens (including phenoxy) is 1. The van der Waals surface area contributed by atoms with Crippen LogP contribution in [0.3, 0.4) is 0 Å². The highest BCUT2D eigenvalue weighted by atomic mass is 35.7. The summed E-state index contributed by atoms with van der Waals surface area (Å²) >= 11 is 0. The fraction of sp³-hybridized carbons (Fsp3) is 0.500. The molecule has 0 spiro atoms. The average molecular weight is 317 g/mol. The number of esters is 1. The molecule has 0 aliphatic heterocycles. The van der Waals surface area contributed by atoms with E-state index in [2.05, 4.69) is 0 Å². The summed E-state index contributed by atoms with van der Waals surface area (Å²) in [4.78, 5) is 12.0. The Kier molecular flexibility index (Phi) is 4.70. The van der Waals surface area contributed by atoms with Crippen molar-refractivity contribution in [3.8, 4) is 0 Å². The van der Waals surface area contributed by atoms with Crippen molar-refractivity contribution in [2.75, 3.05) is 6.61 Å². The Labute approximate surface area is 123 Å². The zero-order valence-corrected chi connectivity index (χ0v) is 12.8. The van der Waals surface area contributed by atoms with Crippen LogP contribution < -0.4 is 0 Å². The van der Waals surface area contributed by atoms with Gasteiger partial charge in [-0.2, -0.15) is 0 Å². The standard InChI is InChI=1S/C14H17ClO4S/c1-2-11-5-6-12(20(15,17)18)9-13(11)14(16)19-8-7-10-3-4-10/h5-6,9-10H,2-4,7-8H2,1H3. The number of hydrogen-bond acceptors (Lipinski definition) is 4. The van der Waals surface area contributed by atoms with Crippen LogP contribution in [-0.2, 0) is 20.2 Å². The predicted molar refractivity (Wildman–Crippen MR) is 76.5 cm³/mol. The minimum Gasteiger partial charge on any atom is -0.462 e. The summed E-state index contributed by atoms with van der Waals surface area (Å²) in [5.41, 5.74) is 1.04. The molecule has 1 fully saturated rings. The summed E-state index contributed by atoms with van der Waals surface area (Å²) in [6.07, 6.45) is 3.91. The lowest BCUT2D eigenvalue weighted by molar-refractivity contribution is 0.0493. The molecule has 1 aliphatic rings. The molecule has 20 heavy (non-hydrogen) atoms. The third kappa shape index (κ3) is 3.96. The van der Waals surface area contributed by atoms with Gasteiger partial charge in [0.05, 0.1) is 17.1 Å². The molecule has 4 nitrogen and oxygen atoms in total. The van der Waals surface area contributed by atoms with E-state index >= 15 is 0 Å². The quantitative estimate of drug-likeness (QED) is 0.597. The van der Waals surface area contributed by atoms with Crippen LogP contribution in [0.2, 0.25) is 0 Å². The maximum absolute atomic E-state index is 12.0. The minimum absolute atomic E-state index is 0.0782. The Hall–Kier alpha value is -1.07. The van der Waals surface area contributed by atoms with Gasteiger partial charge < -0.3 is 4.74 Å². The summed E-state index contributed by atoms with van der Waals surface area (Å²) in [7, 11) is 1.46. The molecule has 0 radical (unpaired) electrons. The number of benzene rings is 1. The molecule has 1 aromatic rings. The van der Waals surface area contributed by atoms with Crippen molar-refractivity contribution < 1.29 is 17.9 Å². The van der Waals surface area contributed by atoms with E-state index in [1.54, 1.807) is 6.07 Å². The topological polar surface area (TPSA) is 60.4 Å². The van der Waals surface area contributed by atoms with Gasteiger partial charge in [-0.05, 0) is 36.5 Å². The van der Waals surface area contributed by atoms with Gasteiger partial charge in [-0.15, -0.1) is 0 Å². The maximum Gasteiger partial charge on any atom is 0.338 e. The minimum atomic E-state index is -3.84. The second kappa shape index (κ2) is 6.14. The Morgan fingerprint density at radius 2 is 2.10 bits per heavy atom. The summed E-state index contributed by atoms with van der Waals surface area (Å²) in [6, 6.07) is 4.30. The number of aryl methyl sites for hydroxylation is 1. The van der Waals surface area contributed by atoms with E-state index in [0.717, 1.165) is 12.0 Å². The van der Waals surface area contributed by atoms with Crippen LogP contribution in [-0.4, -0.2) is 21.0 Å². The smallest absolute Gasteiger partial charge is 0.338 e.